The van der Waals surface area contributed by atoms with E-state index < -0.39 is 0 Å². The Bertz CT molecular complexity index is 2870. The van der Waals surface area contributed by atoms with Crippen LogP contribution in [-0.4, -0.2) is 19.5 Å². The molecule has 0 fully saturated rings. The van der Waals surface area contributed by atoms with Crippen LogP contribution in [0, 0.1) is 0 Å². The van der Waals surface area contributed by atoms with Crippen LogP contribution >= 0.6 is 0 Å². The van der Waals surface area contributed by atoms with Gasteiger partial charge in [0, 0.05) is 54.7 Å². The lowest BCUT2D eigenvalue weighted by atomic mass is 9.95. The fourth-order valence-corrected chi connectivity index (χ4v) is 7.40. The zero-order valence-electron chi connectivity index (χ0n) is 26.5. The molecule has 0 aliphatic heterocycles. The second kappa shape index (κ2) is 11.0. The summed E-state index contributed by atoms with van der Waals surface area (Å²) >= 11 is 0. The largest absolute Gasteiger partial charge is 0.309 e. The first-order valence-corrected chi connectivity index (χ1v) is 16.5. The van der Waals surface area contributed by atoms with E-state index in [0.717, 1.165) is 61.0 Å². The van der Waals surface area contributed by atoms with Crippen LogP contribution in [-0.2, 0) is 0 Å². The van der Waals surface area contributed by atoms with Gasteiger partial charge < -0.3 is 4.57 Å². The van der Waals surface area contributed by atoms with Gasteiger partial charge in [0.1, 0.15) is 0 Å². The maximum atomic E-state index is 5.33. The molecular weight excluding hydrogens is 597 g/mol. The smallest absolute Gasteiger partial charge is 0.160 e. The highest BCUT2D eigenvalue weighted by atomic mass is 15.0. The van der Waals surface area contributed by atoms with Crippen molar-refractivity contribution in [1.82, 2.24) is 19.5 Å². The minimum atomic E-state index is 0.692. The van der Waals surface area contributed by atoms with E-state index in [1.807, 2.05) is 18.2 Å². The minimum Gasteiger partial charge on any atom is -0.309 e. The average Bonchev–Trinajstić information content (AvgIpc) is 3.52. The summed E-state index contributed by atoms with van der Waals surface area (Å²) < 4.78 is 2.38. The molecule has 0 spiro atoms. The third-order valence-electron chi connectivity index (χ3n) is 9.56. The molecular formula is C45H28N4. The van der Waals surface area contributed by atoms with Crippen LogP contribution < -0.4 is 0 Å². The van der Waals surface area contributed by atoms with Gasteiger partial charge in [0.2, 0.25) is 0 Å². The quantitative estimate of drug-likeness (QED) is 0.183. The Morgan fingerprint density at radius 1 is 0.347 bits per heavy atom. The minimum absolute atomic E-state index is 0.692. The van der Waals surface area contributed by atoms with Gasteiger partial charge in [-0.2, -0.15) is 0 Å². The molecule has 4 nitrogen and oxygen atoms in total. The topological polar surface area (TPSA) is 43.6 Å². The zero-order valence-corrected chi connectivity index (χ0v) is 26.5. The van der Waals surface area contributed by atoms with Gasteiger partial charge in [-0.25, -0.2) is 15.0 Å². The molecule has 0 unspecified atom stereocenters. The molecule has 10 aromatic rings. The molecule has 0 aliphatic rings. The highest BCUT2D eigenvalue weighted by Gasteiger charge is 2.20. The van der Waals surface area contributed by atoms with Crippen molar-refractivity contribution in [2.45, 2.75) is 0 Å². The number of benzene rings is 7. The highest BCUT2D eigenvalue weighted by Crippen LogP contribution is 2.42. The van der Waals surface area contributed by atoms with Gasteiger partial charge in [-0.15, -0.1) is 0 Å². The summed E-state index contributed by atoms with van der Waals surface area (Å²) in [5, 5.41) is 6.96. The molecule has 0 atom stereocenters. The molecule has 228 valence electrons. The highest BCUT2D eigenvalue weighted by molar-refractivity contribution is 6.29. The van der Waals surface area contributed by atoms with E-state index in [9.17, 15) is 0 Å². The fourth-order valence-electron chi connectivity index (χ4n) is 7.40. The van der Waals surface area contributed by atoms with Gasteiger partial charge in [0.15, 0.2) is 5.82 Å². The number of pyridine rings is 1. The van der Waals surface area contributed by atoms with Crippen molar-refractivity contribution in [1.29, 1.82) is 0 Å². The molecule has 0 N–H and O–H groups in total. The zero-order chi connectivity index (χ0) is 32.3. The van der Waals surface area contributed by atoms with Crippen LogP contribution in [0.1, 0.15) is 0 Å². The van der Waals surface area contributed by atoms with Crippen molar-refractivity contribution in [3.8, 4) is 39.6 Å². The first kappa shape index (κ1) is 27.5. The molecule has 0 bridgehead atoms. The summed E-state index contributed by atoms with van der Waals surface area (Å²) in [5.41, 5.74) is 10.3. The summed E-state index contributed by atoms with van der Waals surface area (Å²) in [7, 11) is 0. The average molecular weight is 625 g/mol. The molecule has 0 aliphatic carbocycles. The Balaban J connectivity index is 1.24. The van der Waals surface area contributed by atoms with Crippen molar-refractivity contribution in [2.24, 2.45) is 0 Å². The molecule has 0 radical (unpaired) electrons. The van der Waals surface area contributed by atoms with Crippen molar-refractivity contribution in [2.75, 3.05) is 0 Å². The van der Waals surface area contributed by atoms with Crippen LogP contribution in [0.5, 0.6) is 0 Å². The SMILES string of the molecule is c1ccc(-c2nc(-c3cccc(-c4nc5ccccc5c5c4ccc4c5c5ccccc5n4-c4ccccc4)c3)nc3ccccc23)cc1. The molecule has 3 heterocycles. The van der Waals surface area contributed by atoms with Crippen LogP contribution in [0.25, 0.3) is 94.0 Å². The predicted molar refractivity (Wildman–Crippen MR) is 203 cm³/mol. The lowest BCUT2D eigenvalue weighted by molar-refractivity contribution is 1.18. The van der Waals surface area contributed by atoms with E-state index in [1.54, 1.807) is 0 Å². The van der Waals surface area contributed by atoms with E-state index in [2.05, 4.69) is 156 Å². The van der Waals surface area contributed by atoms with Gasteiger partial charge in [-0.3, -0.25) is 0 Å². The number of fused-ring (bicyclic) bond motifs is 8. The van der Waals surface area contributed by atoms with Crippen molar-refractivity contribution in [3.63, 3.8) is 0 Å². The molecule has 10 rings (SSSR count). The van der Waals surface area contributed by atoms with Crippen molar-refractivity contribution >= 4 is 54.4 Å². The van der Waals surface area contributed by atoms with E-state index in [1.165, 1.54) is 27.2 Å². The second-order valence-electron chi connectivity index (χ2n) is 12.4. The van der Waals surface area contributed by atoms with E-state index >= 15 is 0 Å². The first-order chi connectivity index (χ1) is 24.3. The van der Waals surface area contributed by atoms with E-state index in [4.69, 9.17) is 15.0 Å². The summed E-state index contributed by atoms with van der Waals surface area (Å²) in [6.45, 7) is 0. The molecule has 3 aromatic heterocycles. The van der Waals surface area contributed by atoms with Gasteiger partial charge in [0.25, 0.3) is 0 Å². The molecule has 0 amide bonds. The monoisotopic (exact) mass is 624 g/mol. The summed E-state index contributed by atoms with van der Waals surface area (Å²) in [6.07, 6.45) is 0. The van der Waals surface area contributed by atoms with Gasteiger partial charge in [-0.1, -0.05) is 127 Å². The lowest BCUT2D eigenvalue weighted by Crippen LogP contribution is -1.96. The predicted octanol–water partition coefficient (Wildman–Crippen LogP) is 11.4. The fraction of sp³-hybridized carbons (Fsp3) is 0. The van der Waals surface area contributed by atoms with E-state index in [0.29, 0.717) is 5.82 Å². The third kappa shape index (κ3) is 4.35. The maximum absolute atomic E-state index is 5.33. The van der Waals surface area contributed by atoms with Crippen LogP contribution in [0.4, 0.5) is 0 Å². The van der Waals surface area contributed by atoms with Crippen molar-refractivity contribution < 1.29 is 0 Å². The van der Waals surface area contributed by atoms with Crippen molar-refractivity contribution in [3.05, 3.63) is 170 Å². The first-order valence-electron chi connectivity index (χ1n) is 16.5. The standard InChI is InChI=1S/C45H28N4/c1-3-14-29(15-4-1)43-34-21-8-11-24-38(34)47-45(48-43)31-17-13-16-30(28-31)44-36-26-27-40-42(41(36)33-20-7-10-23-37(33)46-44)35-22-9-12-25-39(35)49(40)32-18-5-2-6-19-32/h1-28H. The molecule has 0 saturated heterocycles. The second-order valence-corrected chi connectivity index (χ2v) is 12.4. The summed E-state index contributed by atoms with van der Waals surface area (Å²) in [6, 6.07) is 59.5. The third-order valence-corrected chi connectivity index (χ3v) is 9.56. The Morgan fingerprint density at radius 3 is 1.78 bits per heavy atom. The van der Waals surface area contributed by atoms with Gasteiger partial charge in [0.05, 0.1) is 33.5 Å². The molecule has 0 saturated carbocycles. The number of hydrogen-bond acceptors (Lipinski definition) is 3. The molecule has 49 heavy (non-hydrogen) atoms. The van der Waals surface area contributed by atoms with Crippen LogP contribution in [0.15, 0.2) is 170 Å². The van der Waals surface area contributed by atoms with Gasteiger partial charge in [-0.05, 0) is 42.5 Å². The Kier molecular flexibility index (Phi) is 6.15. The Labute approximate surface area is 282 Å². The number of nitrogens with zero attached hydrogens (tertiary/aromatic N) is 4. The Morgan fingerprint density at radius 2 is 0.959 bits per heavy atom. The molecule has 4 heteroatoms. The number of aromatic nitrogens is 4. The molecule has 7 aromatic carbocycles. The number of para-hydroxylation sites is 4. The summed E-state index contributed by atoms with van der Waals surface area (Å²) in [4.78, 5) is 15.5. The Hall–Kier alpha value is -6.65. The summed E-state index contributed by atoms with van der Waals surface area (Å²) in [5.74, 6) is 0.692. The number of rotatable bonds is 4. The number of hydrogen-bond donors (Lipinski definition) is 0. The maximum Gasteiger partial charge on any atom is 0.160 e. The normalized spacial score (nSPS) is 11.7. The lowest BCUT2D eigenvalue weighted by Gasteiger charge is -2.14. The van der Waals surface area contributed by atoms with E-state index in [-0.39, 0.29) is 0 Å². The van der Waals surface area contributed by atoms with Gasteiger partial charge >= 0.3 is 0 Å². The van der Waals surface area contributed by atoms with Crippen LogP contribution in [0.3, 0.4) is 0 Å². The van der Waals surface area contributed by atoms with Crippen LogP contribution in [0.2, 0.25) is 0 Å².